The number of unbranched alkanes of at least 4 members (excludes halogenated alkanes) is 2. The molecule has 0 radical (unpaired) electrons. The van der Waals surface area contributed by atoms with Crippen LogP contribution in [0.1, 0.15) is 38.7 Å². The third-order valence-corrected chi connectivity index (χ3v) is 2.69. The molecule has 0 saturated heterocycles. The third kappa shape index (κ3) is 4.78. The summed E-state index contributed by atoms with van der Waals surface area (Å²) >= 11 is 0. The SMILES string of the molecule is CCCCCOc1cc(CC(C)=O)ccc1OC. The second-order valence-electron chi connectivity index (χ2n) is 4.42. The zero-order valence-corrected chi connectivity index (χ0v) is 11.5. The van der Waals surface area contributed by atoms with Crippen LogP contribution in [0.15, 0.2) is 18.2 Å². The van der Waals surface area contributed by atoms with Crippen molar-refractivity contribution >= 4 is 5.78 Å². The topological polar surface area (TPSA) is 35.5 Å². The van der Waals surface area contributed by atoms with Gasteiger partial charge in [-0.25, -0.2) is 0 Å². The molecule has 100 valence electrons. The Labute approximate surface area is 109 Å². The van der Waals surface area contributed by atoms with Gasteiger partial charge in [0.2, 0.25) is 0 Å². The van der Waals surface area contributed by atoms with Gasteiger partial charge in [0.1, 0.15) is 5.78 Å². The molecule has 0 aliphatic carbocycles. The molecule has 0 heterocycles. The second kappa shape index (κ2) is 7.75. The summed E-state index contributed by atoms with van der Waals surface area (Å²) in [5.41, 5.74) is 0.966. The van der Waals surface area contributed by atoms with E-state index in [0.29, 0.717) is 13.0 Å². The van der Waals surface area contributed by atoms with Crippen molar-refractivity contribution in [1.82, 2.24) is 0 Å². The van der Waals surface area contributed by atoms with Crippen molar-refractivity contribution in [2.45, 2.75) is 39.5 Å². The van der Waals surface area contributed by atoms with Crippen LogP contribution in [-0.4, -0.2) is 19.5 Å². The van der Waals surface area contributed by atoms with Crippen LogP contribution in [0.2, 0.25) is 0 Å². The van der Waals surface area contributed by atoms with Crippen molar-refractivity contribution in [2.75, 3.05) is 13.7 Å². The Hall–Kier alpha value is -1.51. The molecule has 1 rings (SSSR count). The fourth-order valence-corrected chi connectivity index (χ4v) is 1.77. The predicted octanol–water partition coefficient (Wildman–Crippen LogP) is 3.40. The van der Waals surface area contributed by atoms with Crippen molar-refractivity contribution in [3.8, 4) is 11.5 Å². The van der Waals surface area contributed by atoms with Gasteiger partial charge in [-0.15, -0.1) is 0 Å². The zero-order valence-electron chi connectivity index (χ0n) is 11.5. The number of Topliss-reactive ketones (excluding diaryl/α,β-unsaturated/α-hetero) is 1. The molecule has 0 fully saturated rings. The molecule has 0 amide bonds. The smallest absolute Gasteiger partial charge is 0.161 e. The predicted molar refractivity (Wildman–Crippen MR) is 72.4 cm³/mol. The maximum atomic E-state index is 11.1. The Morgan fingerprint density at radius 2 is 2.00 bits per heavy atom. The van der Waals surface area contributed by atoms with Crippen molar-refractivity contribution in [3.63, 3.8) is 0 Å². The summed E-state index contributed by atoms with van der Waals surface area (Å²) in [6.07, 6.45) is 3.81. The van der Waals surface area contributed by atoms with Crippen LogP contribution in [-0.2, 0) is 11.2 Å². The largest absolute Gasteiger partial charge is 0.493 e. The number of hydrogen-bond acceptors (Lipinski definition) is 3. The number of carbonyl (C=O) groups excluding carboxylic acids is 1. The lowest BCUT2D eigenvalue weighted by atomic mass is 10.1. The molecule has 0 unspecified atom stereocenters. The van der Waals surface area contributed by atoms with Crippen molar-refractivity contribution < 1.29 is 14.3 Å². The number of methoxy groups -OCH3 is 1. The molecule has 0 aliphatic rings. The minimum absolute atomic E-state index is 0.150. The summed E-state index contributed by atoms with van der Waals surface area (Å²) in [5, 5.41) is 0. The van der Waals surface area contributed by atoms with Gasteiger partial charge in [-0.05, 0) is 31.0 Å². The van der Waals surface area contributed by atoms with Crippen molar-refractivity contribution in [2.24, 2.45) is 0 Å². The van der Waals surface area contributed by atoms with Crippen molar-refractivity contribution in [3.05, 3.63) is 23.8 Å². The minimum Gasteiger partial charge on any atom is -0.493 e. The molecule has 0 N–H and O–H groups in total. The first-order valence-electron chi connectivity index (χ1n) is 6.46. The molecule has 0 atom stereocenters. The number of ketones is 1. The fraction of sp³-hybridized carbons (Fsp3) is 0.533. The maximum Gasteiger partial charge on any atom is 0.161 e. The summed E-state index contributed by atoms with van der Waals surface area (Å²) < 4.78 is 11.0. The summed E-state index contributed by atoms with van der Waals surface area (Å²) in [7, 11) is 1.62. The fourth-order valence-electron chi connectivity index (χ4n) is 1.77. The molecule has 0 spiro atoms. The van der Waals surface area contributed by atoms with Crippen LogP contribution in [0.4, 0.5) is 0 Å². The monoisotopic (exact) mass is 250 g/mol. The molecular formula is C15H22O3. The Kier molecular flexibility index (Phi) is 6.26. The van der Waals surface area contributed by atoms with Crippen LogP contribution >= 0.6 is 0 Å². The van der Waals surface area contributed by atoms with E-state index in [1.807, 2.05) is 18.2 Å². The van der Waals surface area contributed by atoms with Crippen LogP contribution in [0.3, 0.4) is 0 Å². The van der Waals surface area contributed by atoms with Gasteiger partial charge in [-0.3, -0.25) is 4.79 Å². The Morgan fingerprint density at radius 1 is 1.22 bits per heavy atom. The van der Waals surface area contributed by atoms with E-state index in [1.54, 1.807) is 14.0 Å². The van der Waals surface area contributed by atoms with E-state index >= 15 is 0 Å². The highest BCUT2D eigenvalue weighted by molar-refractivity contribution is 5.78. The number of hydrogen-bond donors (Lipinski definition) is 0. The normalized spacial score (nSPS) is 10.2. The molecule has 0 bridgehead atoms. The van der Waals surface area contributed by atoms with E-state index < -0.39 is 0 Å². The van der Waals surface area contributed by atoms with E-state index in [1.165, 1.54) is 6.42 Å². The van der Waals surface area contributed by atoms with Crippen LogP contribution < -0.4 is 9.47 Å². The molecule has 18 heavy (non-hydrogen) atoms. The van der Waals surface area contributed by atoms with E-state index in [2.05, 4.69) is 6.92 Å². The quantitative estimate of drug-likeness (QED) is 0.663. The van der Waals surface area contributed by atoms with Gasteiger partial charge in [0, 0.05) is 6.42 Å². The second-order valence-corrected chi connectivity index (χ2v) is 4.42. The standard InChI is InChI=1S/C15H22O3/c1-4-5-6-9-18-15-11-13(10-12(2)16)7-8-14(15)17-3/h7-8,11H,4-6,9-10H2,1-3H3. The summed E-state index contributed by atoms with van der Waals surface area (Å²) in [6, 6.07) is 5.65. The molecule has 3 heteroatoms. The minimum atomic E-state index is 0.150. The highest BCUT2D eigenvalue weighted by atomic mass is 16.5. The van der Waals surface area contributed by atoms with Gasteiger partial charge >= 0.3 is 0 Å². The average molecular weight is 250 g/mol. The maximum absolute atomic E-state index is 11.1. The highest BCUT2D eigenvalue weighted by Gasteiger charge is 2.07. The molecule has 0 aliphatic heterocycles. The first-order valence-corrected chi connectivity index (χ1v) is 6.46. The molecule has 1 aromatic rings. The molecular weight excluding hydrogens is 228 g/mol. The van der Waals surface area contributed by atoms with Crippen LogP contribution in [0.25, 0.3) is 0 Å². The molecule has 1 aromatic carbocycles. The average Bonchev–Trinajstić information content (AvgIpc) is 2.34. The number of carbonyl (C=O) groups is 1. The lowest BCUT2D eigenvalue weighted by Gasteiger charge is -2.11. The summed E-state index contributed by atoms with van der Waals surface area (Å²) in [5.74, 6) is 1.60. The van der Waals surface area contributed by atoms with Gasteiger partial charge in [0.05, 0.1) is 13.7 Å². The summed E-state index contributed by atoms with van der Waals surface area (Å²) in [4.78, 5) is 11.1. The van der Waals surface area contributed by atoms with Gasteiger partial charge in [0.25, 0.3) is 0 Å². The number of ether oxygens (including phenoxy) is 2. The Balaban J connectivity index is 2.69. The Bertz CT molecular complexity index is 385. The van der Waals surface area contributed by atoms with Gasteiger partial charge < -0.3 is 9.47 Å². The van der Waals surface area contributed by atoms with Gasteiger partial charge in [-0.2, -0.15) is 0 Å². The van der Waals surface area contributed by atoms with Gasteiger partial charge in [0.15, 0.2) is 11.5 Å². The van der Waals surface area contributed by atoms with E-state index in [0.717, 1.165) is 29.9 Å². The van der Waals surface area contributed by atoms with Gasteiger partial charge in [-0.1, -0.05) is 25.8 Å². The molecule has 0 saturated carbocycles. The van der Waals surface area contributed by atoms with Crippen LogP contribution in [0, 0.1) is 0 Å². The number of rotatable bonds is 8. The van der Waals surface area contributed by atoms with E-state index in [-0.39, 0.29) is 5.78 Å². The highest BCUT2D eigenvalue weighted by Crippen LogP contribution is 2.28. The van der Waals surface area contributed by atoms with E-state index in [4.69, 9.17) is 9.47 Å². The van der Waals surface area contributed by atoms with Crippen molar-refractivity contribution in [1.29, 1.82) is 0 Å². The zero-order chi connectivity index (χ0) is 13.4. The lowest BCUT2D eigenvalue weighted by molar-refractivity contribution is -0.116. The first-order chi connectivity index (χ1) is 8.67. The first kappa shape index (κ1) is 14.6. The summed E-state index contributed by atoms with van der Waals surface area (Å²) in [6.45, 7) is 4.44. The third-order valence-electron chi connectivity index (χ3n) is 2.69. The van der Waals surface area contributed by atoms with E-state index in [9.17, 15) is 4.79 Å². The molecule has 3 nitrogen and oxygen atoms in total. The number of benzene rings is 1. The Morgan fingerprint density at radius 3 is 2.61 bits per heavy atom. The van der Waals surface area contributed by atoms with Crippen LogP contribution in [0.5, 0.6) is 11.5 Å². The molecule has 0 aromatic heterocycles. The lowest BCUT2D eigenvalue weighted by Crippen LogP contribution is -2.01.